The molecule has 0 aromatic carbocycles. The van der Waals surface area contributed by atoms with Crippen molar-refractivity contribution >= 4 is 17.7 Å². The molecule has 0 aromatic rings. The lowest BCUT2D eigenvalue weighted by atomic mass is 10.2. The van der Waals surface area contributed by atoms with Crippen LogP contribution < -0.4 is 5.73 Å². The predicted octanol–water partition coefficient (Wildman–Crippen LogP) is 1.04. The van der Waals surface area contributed by atoms with Crippen LogP contribution >= 0.6 is 11.8 Å². The first kappa shape index (κ1) is 14.7. The van der Waals surface area contributed by atoms with E-state index in [2.05, 4.69) is 0 Å². The summed E-state index contributed by atoms with van der Waals surface area (Å²) in [5.74, 6) is 1.51. The van der Waals surface area contributed by atoms with Crippen molar-refractivity contribution < 1.29 is 14.3 Å². The third kappa shape index (κ3) is 8.72. The van der Waals surface area contributed by atoms with Gasteiger partial charge in [0.15, 0.2) is 0 Å². The number of rotatable bonds is 9. The maximum absolute atomic E-state index is 11.1. The summed E-state index contributed by atoms with van der Waals surface area (Å²) in [6.45, 7) is 5.66. The van der Waals surface area contributed by atoms with E-state index in [1.165, 1.54) is 0 Å². The molecule has 5 heteroatoms. The van der Waals surface area contributed by atoms with E-state index in [0.717, 1.165) is 24.7 Å². The Morgan fingerprint density at radius 1 is 1.33 bits per heavy atom. The van der Waals surface area contributed by atoms with E-state index in [4.69, 9.17) is 15.2 Å². The average Bonchev–Trinajstić information content (AvgIpc) is 2.23. The molecule has 0 radical (unpaired) electrons. The van der Waals surface area contributed by atoms with Crippen LogP contribution in [0, 0.1) is 0 Å². The molecule has 0 fully saturated rings. The van der Waals surface area contributed by atoms with Gasteiger partial charge in [0.1, 0.15) is 6.04 Å². The number of thioether (sulfide) groups is 1. The van der Waals surface area contributed by atoms with Gasteiger partial charge in [-0.2, -0.15) is 11.8 Å². The topological polar surface area (TPSA) is 61.5 Å². The van der Waals surface area contributed by atoms with Crippen molar-refractivity contribution in [2.45, 2.75) is 26.3 Å². The van der Waals surface area contributed by atoms with Crippen LogP contribution in [0.2, 0.25) is 0 Å². The number of hydrogen-bond donors (Lipinski definition) is 1. The molecule has 0 aliphatic heterocycles. The largest absolute Gasteiger partial charge is 0.465 e. The van der Waals surface area contributed by atoms with Gasteiger partial charge < -0.3 is 15.2 Å². The van der Waals surface area contributed by atoms with Gasteiger partial charge in [-0.15, -0.1) is 0 Å². The quantitative estimate of drug-likeness (QED) is 0.478. The van der Waals surface area contributed by atoms with Crippen molar-refractivity contribution in [2.75, 3.05) is 31.3 Å². The highest BCUT2D eigenvalue weighted by Crippen LogP contribution is 2.04. The van der Waals surface area contributed by atoms with Gasteiger partial charge in [-0.05, 0) is 26.0 Å². The molecule has 1 atom stereocenters. The van der Waals surface area contributed by atoms with E-state index in [0.29, 0.717) is 13.0 Å². The van der Waals surface area contributed by atoms with Crippen molar-refractivity contribution in [3.05, 3.63) is 0 Å². The second-order valence-electron chi connectivity index (χ2n) is 2.96. The van der Waals surface area contributed by atoms with Crippen LogP contribution in [0.25, 0.3) is 0 Å². The summed E-state index contributed by atoms with van der Waals surface area (Å²) in [5.41, 5.74) is 5.63. The standard InChI is InChI=1S/C10H21NO3S/c1-3-13-6-8-15-7-5-9(11)10(12)14-4-2/h9H,3-8,11H2,1-2H3. The van der Waals surface area contributed by atoms with E-state index in [1.807, 2.05) is 6.92 Å². The van der Waals surface area contributed by atoms with Gasteiger partial charge in [0.2, 0.25) is 0 Å². The van der Waals surface area contributed by atoms with E-state index in [-0.39, 0.29) is 5.97 Å². The van der Waals surface area contributed by atoms with E-state index >= 15 is 0 Å². The molecule has 0 aliphatic rings. The molecular weight excluding hydrogens is 214 g/mol. The first-order chi connectivity index (χ1) is 7.22. The molecule has 2 N–H and O–H groups in total. The zero-order valence-corrected chi connectivity index (χ0v) is 10.3. The molecule has 0 saturated heterocycles. The highest BCUT2D eigenvalue weighted by Gasteiger charge is 2.13. The molecule has 0 heterocycles. The van der Waals surface area contributed by atoms with Gasteiger partial charge >= 0.3 is 5.97 Å². The third-order valence-electron chi connectivity index (χ3n) is 1.74. The fourth-order valence-electron chi connectivity index (χ4n) is 0.942. The number of esters is 1. The summed E-state index contributed by atoms with van der Waals surface area (Å²) in [7, 11) is 0. The van der Waals surface area contributed by atoms with Gasteiger partial charge in [-0.1, -0.05) is 0 Å². The number of carbonyl (C=O) groups excluding carboxylic acids is 1. The Morgan fingerprint density at radius 2 is 2.07 bits per heavy atom. The van der Waals surface area contributed by atoms with Gasteiger partial charge in [-0.25, -0.2) is 0 Å². The molecule has 0 saturated carbocycles. The van der Waals surface area contributed by atoms with Crippen molar-refractivity contribution in [3.8, 4) is 0 Å². The normalized spacial score (nSPS) is 12.5. The second-order valence-corrected chi connectivity index (χ2v) is 4.18. The predicted molar refractivity (Wildman–Crippen MR) is 63.0 cm³/mol. The molecule has 0 spiro atoms. The maximum Gasteiger partial charge on any atom is 0.322 e. The summed E-state index contributed by atoms with van der Waals surface area (Å²) >= 11 is 1.74. The van der Waals surface area contributed by atoms with Gasteiger partial charge in [-0.3, -0.25) is 4.79 Å². The monoisotopic (exact) mass is 235 g/mol. The molecule has 90 valence electrons. The summed E-state index contributed by atoms with van der Waals surface area (Å²) in [6.07, 6.45) is 0.662. The van der Waals surface area contributed by atoms with Crippen LogP contribution in [0.1, 0.15) is 20.3 Å². The Hall–Kier alpha value is -0.260. The van der Waals surface area contributed by atoms with E-state index in [1.54, 1.807) is 18.7 Å². The lowest BCUT2D eigenvalue weighted by Crippen LogP contribution is -2.32. The van der Waals surface area contributed by atoms with Crippen LogP contribution in [-0.4, -0.2) is 43.3 Å². The lowest BCUT2D eigenvalue weighted by Gasteiger charge is -2.09. The van der Waals surface area contributed by atoms with Crippen LogP contribution in [0.5, 0.6) is 0 Å². The summed E-state index contributed by atoms with van der Waals surface area (Å²) in [6, 6.07) is -0.482. The van der Waals surface area contributed by atoms with Crippen LogP contribution in [0.3, 0.4) is 0 Å². The van der Waals surface area contributed by atoms with E-state index in [9.17, 15) is 4.79 Å². The maximum atomic E-state index is 11.1. The molecule has 0 aliphatic carbocycles. The molecule has 0 aromatic heterocycles. The number of carbonyl (C=O) groups is 1. The minimum absolute atomic E-state index is 0.303. The molecule has 0 amide bonds. The Labute approximate surface area is 95.9 Å². The molecule has 4 nitrogen and oxygen atoms in total. The first-order valence-electron chi connectivity index (χ1n) is 5.30. The lowest BCUT2D eigenvalue weighted by molar-refractivity contribution is -0.144. The Balaban J connectivity index is 3.30. The van der Waals surface area contributed by atoms with Gasteiger partial charge in [0.05, 0.1) is 13.2 Å². The van der Waals surface area contributed by atoms with Crippen molar-refractivity contribution in [3.63, 3.8) is 0 Å². The Kier molecular flexibility index (Phi) is 10.1. The summed E-state index contributed by atoms with van der Waals surface area (Å²) < 4.78 is 9.98. The van der Waals surface area contributed by atoms with Crippen LogP contribution in [0.15, 0.2) is 0 Å². The highest BCUT2D eigenvalue weighted by atomic mass is 32.2. The number of nitrogens with two attached hydrogens (primary N) is 1. The van der Waals surface area contributed by atoms with E-state index < -0.39 is 6.04 Å². The molecular formula is C10H21NO3S. The summed E-state index contributed by atoms with van der Waals surface area (Å²) in [4.78, 5) is 11.1. The zero-order valence-electron chi connectivity index (χ0n) is 9.53. The second kappa shape index (κ2) is 10.3. The zero-order chi connectivity index (χ0) is 11.5. The third-order valence-corrected chi connectivity index (χ3v) is 2.72. The van der Waals surface area contributed by atoms with Gasteiger partial charge in [0.25, 0.3) is 0 Å². The fraction of sp³-hybridized carbons (Fsp3) is 0.900. The average molecular weight is 235 g/mol. The van der Waals surface area contributed by atoms with Crippen molar-refractivity contribution in [2.24, 2.45) is 5.73 Å². The first-order valence-corrected chi connectivity index (χ1v) is 6.45. The van der Waals surface area contributed by atoms with Crippen molar-refractivity contribution in [1.29, 1.82) is 0 Å². The minimum atomic E-state index is -0.482. The summed E-state index contributed by atoms with van der Waals surface area (Å²) in [5, 5.41) is 0. The van der Waals surface area contributed by atoms with Crippen LogP contribution in [0.4, 0.5) is 0 Å². The Morgan fingerprint density at radius 3 is 2.67 bits per heavy atom. The molecule has 0 rings (SSSR count). The fourth-order valence-corrected chi connectivity index (χ4v) is 1.80. The molecule has 1 unspecified atom stereocenters. The van der Waals surface area contributed by atoms with Crippen LogP contribution in [-0.2, 0) is 14.3 Å². The number of ether oxygens (including phenoxy) is 2. The highest BCUT2D eigenvalue weighted by molar-refractivity contribution is 7.99. The van der Waals surface area contributed by atoms with Gasteiger partial charge in [0, 0.05) is 12.4 Å². The smallest absolute Gasteiger partial charge is 0.322 e. The molecule has 15 heavy (non-hydrogen) atoms. The molecule has 0 bridgehead atoms. The Bertz CT molecular complexity index is 167. The number of hydrogen-bond acceptors (Lipinski definition) is 5. The minimum Gasteiger partial charge on any atom is -0.465 e. The SMILES string of the molecule is CCOCCSCCC(N)C(=O)OCC. The van der Waals surface area contributed by atoms with Crippen molar-refractivity contribution in [1.82, 2.24) is 0 Å².